The molecule has 10 heteroatoms. The van der Waals surface area contributed by atoms with E-state index in [4.69, 9.17) is 0 Å². The van der Waals surface area contributed by atoms with E-state index >= 15 is 0 Å². The van der Waals surface area contributed by atoms with Crippen molar-refractivity contribution in [1.82, 2.24) is 9.62 Å². The van der Waals surface area contributed by atoms with Crippen LogP contribution in [0.15, 0.2) is 29.2 Å². The first-order chi connectivity index (χ1) is 13.8. The smallest absolute Gasteiger partial charge is 0.387 e. The van der Waals surface area contributed by atoms with Crippen molar-refractivity contribution in [3.63, 3.8) is 0 Å². The molecular weight excluding hydrogens is 406 g/mol. The quantitative estimate of drug-likeness (QED) is 0.718. The number of aliphatic hydroxyl groups excluding tert-OH is 1. The predicted molar refractivity (Wildman–Crippen MR) is 101 cm³/mol. The molecule has 0 bridgehead atoms. The fourth-order valence-electron chi connectivity index (χ4n) is 3.87. The molecule has 1 aliphatic carbocycles. The van der Waals surface area contributed by atoms with Gasteiger partial charge in [0.1, 0.15) is 5.75 Å². The molecule has 3 rings (SSSR count). The summed E-state index contributed by atoms with van der Waals surface area (Å²) in [6, 6.07) is 5.00. The van der Waals surface area contributed by atoms with Gasteiger partial charge in [-0.3, -0.25) is 4.79 Å². The molecule has 2 aliphatic rings. The maximum Gasteiger partial charge on any atom is 0.387 e. The number of sulfonamides is 1. The van der Waals surface area contributed by atoms with Crippen LogP contribution < -0.4 is 10.1 Å². The number of hydrogen-bond donors (Lipinski definition) is 2. The van der Waals surface area contributed by atoms with Crippen LogP contribution in [0.25, 0.3) is 0 Å². The van der Waals surface area contributed by atoms with Gasteiger partial charge in [0.05, 0.1) is 16.9 Å². The summed E-state index contributed by atoms with van der Waals surface area (Å²) >= 11 is 0. The molecule has 7 nitrogen and oxygen atoms in total. The minimum absolute atomic E-state index is 0.000982. The number of halogens is 2. The number of aliphatic hydroxyl groups is 1. The van der Waals surface area contributed by atoms with Gasteiger partial charge in [-0.25, -0.2) is 8.42 Å². The Kier molecular flexibility index (Phi) is 7.07. The number of amides is 1. The SMILES string of the molecule is O=C(N[C@H]1CC[C@H](O)CC1)[C@H]1CCCN(S(=O)(=O)c2cccc(OC(F)F)c2)C1. The Hall–Kier alpha value is -1.78. The highest BCUT2D eigenvalue weighted by molar-refractivity contribution is 7.89. The maximum absolute atomic E-state index is 12.9. The van der Waals surface area contributed by atoms with Crippen molar-refractivity contribution in [3.8, 4) is 5.75 Å². The Labute approximate surface area is 169 Å². The molecule has 1 saturated carbocycles. The van der Waals surface area contributed by atoms with Crippen LogP contribution in [-0.4, -0.2) is 55.6 Å². The normalized spacial score (nSPS) is 26.3. The number of carbonyl (C=O) groups is 1. The van der Waals surface area contributed by atoms with Gasteiger partial charge in [0.15, 0.2) is 0 Å². The highest BCUT2D eigenvalue weighted by Gasteiger charge is 2.34. The van der Waals surface area contributed by atoms with Crippen LogP contribution in [0.2, 0.25) is 0 Å². The first kappa shape index (κ1) is 21.9. The van der Waals surface area contributed by atoms with Crippen molar-refractivity contribution < 1.29 is 31.8 Å². The average molecular weight is 432 g/mol. The zero-order chi connectivity index (χ0) is 21.0. The number of benzene rings is 1. The maximum atomic E-state index is 12.9. The van der Waals surface area contributed by atoms with Crippen LogP contribution in [-0.2, 0) is 14.8 Å². The summed E-state index contributed by atoms with van der Waals surface area (Å²) in [5.41, 5.74) is 0. The van der Waals surface area contributed by atoms with E-state index in [2.05, 4.69) is 10.1 Å². The first-order valence-corrected chi connectivity index (χ1v) is 11.2. The van der Waals surface area contributed by atoms with Crippen LogP contribution >= 0.6 is 0 Å². The first-order valence-electron chi connectivity index (χ1n) is 9.79. The lowest BCUT2D eigenvalue weighted by Gasteiger charge is -2.33. The van der Waals surface area contributed by atoms with Gasteiger partial charge in [0.25, 0.3) is 0 Å². The number of nitrogens with one attached hydrogen (secondary N) is 1. The van der Waals surface area contributed by atoms with Crippen molar-refractivity contribution in [1.29, 1.82) is 0 Å². The van der Waals surface area contributed by atoms with Crippen molar-refractivity contribution >= 4 is 15.9 Å². The van der Waals surface area contributed by atoms with Gasteiger partial charge in [0, 0.05) is 25.2 Å². The summed E-state index contributed by atoms with van der Waals surface area (Å²) in [4.78, 5) is 12.5. The van der Waals surface area contributed by atoms with Gasteiger partial charge in [-0.1, -0.05) is 6.07 Å². The van der Waals surface area contributed by atoms with Gasteiger partial charge in [0.2, 0.25) is 15.9 Å². The second-order valence-electron chi connectivity index (χ2n) is 7.57. The highest BCUT2D eigenvalue weighted by atomic mass is 32.2. The molecule has 1 aliphatic heterocycles. The third kappa shape index (κ3) is 5.64. The van der Waals surface area contributed by atoms with E-state index in [0.717, 1.165) is 6.07 Å². The van der Waals surface area contributed by atoms with Crippen molar-refractivity contribution in [2.24, 2.45) is 5.92 Å². The molecule has 1 aromatic carbocycles. The largest absolute Gasteiger partial charge is 0.435 e. The third-order valence-corrected chi connectivity index (χ3v) is 7.33. The van der Waals surface area contributed by atoms with Crippen LogP contribution in [0, 0.1) is 5.92 Å². The molecule has 2 fully saturated rings. The molecule has 0 spiro atoms. The summed E-state index contributed by atoms with van der Waals surface area (Å²) in [6.45, 7) is -2.73. The molecule has 1 amide bonds. The predicted octanol–water partition coefficient (Wildman–Crippen LogP) is 2.11. The lowest BCUT2D eigenvalue weighted by molar-refractivity contribution is -0.127. The molecule has 0 aromatic heterocycles. The minimum Gasteiger partial charge on any atom is -0.435 e. The summed E-state index contributed by atoms with van der Waals surface area (Å²) in [7, 11) is -3.93. The summed E-state index contributed by atoms with van der Waals surface area (Å²) in [5.74, 6) is -0.876. The second-order valence-corrected chi connectivity index (χ2v) is 9.51. The average Bonchev–Trinajstić information content (AvgIpc) is 2.69. The van der Waals surface area contributed by atoms with Crippen LogP contribution in [0.3, 0.4) is 0 Å². The number of hydrogen-bond acceptors (Lipinski definition) is 5. The standard InChI is InChI=1S/C19H26F2N2O5S/c20-19(21)28-16-4-1-5-17(11-16)29(26,27)23-10-2-3-13(12-23)18(25)22-14-6-8-15(24)9-7-14/h1,4-5,11,13-15,19,24H,2-3,6-10,12H2,(H,22,25)/t13-,14-,15-/m0/s1. The molecule has 29 heavy (non-hydrogen) atoms. The number of nitrogens with zero attached hydrogens (tertiary/aromatic N) is 1. The molecule has 1 heterocycles. The van der Waals surface area contributed by atoms with E-state index in [1.165, 1.54) is 22.5 Å². The summed E-state index contributed by atoms with van der Waals surface area (Å²) < 4.78 is 56.2. The Balaban J connectivity index is 1.65. The Morgan fingerprint density at radius 2 is 1.93 bits per heavy atom. The van der Waals surface area contributed by atoms with E-state index in [9.17, 15) is 27.1 Å². The van der Waals surface area contributed by atoms with E-state index in [-0.39, 0.29) is 41.8 Å². The molecule has 0 radical (unpaired) electrons. The van der Waals surface area contributed by atoms with Crippen molar-refractivity contribution in [2.45, 2.75) is 62.2 Å². The Bertz CT molecular complexity index is 813. The van der Waals surface area contributed by atoms with Gasteiger partial charge >= 0.3 is 6.61 Å². The fraction of sp³-hybridized carbons (Fsp3) is 0.632. The zero-order valence-corrected chi connectivity index (χ0v) is 16.8. The number of ether oxygens (including phenoxy) is 1. The van der Waals surface area contributed by atoms with Crippen molar-refractivity contribution in [3.05, 3.63) is 24.3 Å². The third-order valence-electron chi connectivity index (χ3n) is 5.47. The summed E-state index contributed by atoms with van der Waals surface area (Å²) in [5, 5.41) is 12.6. The number of carbonyl (C=O) groups excluding carboxylic acids is 1. The lowest BCUT2D eigenvalue weighted by atomic mass is 9.92. The number of piperidine rings is 1. The molecular formula is C19H26F2N2O5S. The van der Waals surface area contributed by atoms with Gasteiger partial charge in [-0.2, -0.15) is 13.1 Å². The molecule has 1 aromatic rings. The minimum atomic E-state index is -3.93. The molecule has 0 unspecified atom stereocenters. The topological polar surface area (TPSA) is 95.9 Å². The van der Waals surface area contributed by atoms with Gasteiger partial charge in [-0.15, -0.1) is 0 Å². The number of alkyl halides is 2. The van der Waals surface area contributed by atoms with Crippen LogP contribution in [0.1, 0.15) is 38.5 Å². The zero-order valence-electron chi connectivity index (χ0n) is 16.0. The van der Waals surface area contributed by atoms with E-state index in [1.807, 2.05) is 0 Å². The molecule has 2 N–H and O–H groups in total. The molecule has 1 saturated heterocycles. The highest BCUT2D eigenvalue weighted by Crippen LogP contribution is 2.27. The van der Waals surface area contributed by atoms with E-state index in [0.29, 0.717) is 38.5 Å². The van der Waals surface area contributed by atoms with Crippen molar-refractivity contribution in [2.75, 3.05) is 13.1 Å². The lowest BCUT2D eigenvalue weighted by Crippen LogP contribution is -2.48. The van der Waals surface area contributed by atoms with E-state index < -0.39 is 22.6 Å². The fourth-order valence-corrected chi connectivity index (χ4v) is 5.43. The second kappa shape index (κ2) is 9.36. The van der Waals surface area contributed by atoms with Crippen LogP contribution in [0.4, 0.5) is 8.78 Å². The van der Waals surface area contributed by atoms with E-state index in [1.54, 1.807) is 0 Å². The van der Waals surface area contributed by atoms with Gasteiger partial charge < -0.3 is 15.2 Å². The number of rotatable bonds is 6. The molecule has 1 atom stereocenters. The Morgan fingerprint density at radius 3 is 2.62 bits per heavy atom. The molecule has 162 valence electrons. The Morgan fingerprint density at radius 1 is 1.21 bits per heavy atom. The van der Waals surface area contributed by atoms with Crippen LogP contribution in [0.5, 0.6) is 5.75 Å². The van der Waals surface area contributed by atoms with Gasteiger partial charge in [-0.05, 0) is 50.7 Å². The summed E-state index contributed by atoms with van der Waals surface area (Å²) in [6.07, 6.45) is 3.51. The monoisotopic (exact) mass is 432 g/mol.